The lowest BCUT2D eigenvalue weighted by atomic mass is 10.0. The lowest BCUT2D eigenvalue weighted by Gasteiger charge is -2.11. The van der Waals surface area contributed by atoms with Gasteiger partial charge in [-0.2, -0.15) is 0 Å². The van der Waals surface area contributed by atoms with Crippen molar-refractivity contribution >= 4 is 51.4 Å². The largest absolute Gasteiger partial charge is 0.482 e. The molecule has 30 heavy (non-hydrogen) atoms. The Labute approximate surface area is 188 Å². The zero-order valence-corrected chi connectivity index (χ0v) is 18.4. The molecule has 0 saturated carbocycles. The number of ether oxygens (including phenoxy) is 2. The molecular formula is C22H19Cl2NO4S. The van der Waals surface area contributed by atoms with Crippen molar-refractivity contribution in [1.82, 2.24) is 0 Å². The van der Waals surface area contributed by atoms with Crippen molar-refractivity contribution in [3.63, 3.8) is 0 Å². The Kier molecular flexibility index (Phi) is 7.74. The number of thiophene rings is 1. The van der Waals surface area contributed by atoms with Gasteiger partial charge in [0.1, 0.15) is 16.3 Å². The van der Waals surface area contributed by atoms with Gasteiger partial charge in [0, 0.05) is 21.5 Å². The second-order valence-corrected chi connectivity index (χ2v) is 7.93. The third-order valence-electron chi connectivity index (χ3n) is 4.04. The van der Waals surface area contributed by atoms with E-state index in [9.17, 15) is 9.59 Å². The molecule has 0 unspecified atom stereocenters. The van der Waals surface area contributed by atoms with E-state index in [-0.39, 0.29) is 18.8 Å². The van der Waals surface area contributed by atoms with E-state index >= 15 is 0 Å². The smallest absolute Gasteiger partial charge is 0.341 e. The fourth-order valence-electron chi connectivity index (χ4n) is 2.67. The maximum absolute atomic E-state index is 12.7. The quantitative estimate of drug-likeness (QED) is 0.397. The average Bonchev–Trinajstić information content (AvgIpc) is 3.15. The predicted molar refractivity (Wildman–Crippen MR) is 121 cm³/mol. The van der Waals surface area contributed by atoms with E-state index in [0.717, 1.165) is 0 Å². The Bertz CT molecular complexity index is 1050. The molecule has 0 saturated heterocycles. The normalized spacial score (nSPS) is 10.5. The molecule has 0 atom stereocenters. The minimum atomic E-state index is -0.518. The number of carbonyl (C=O) groups is 2. The molecule has 8 heteroatoms. The van der Waals surface area contributed by atoms with Crippen LogP contribution in [0.1, 0.15) is 23.7 Å². The van der Waals surface area contributed by atoms with E-state index in [1.807, 2.05) is 25.1 Å². The van der Waals surface area contributed by atoms with E-state index in [4.69, 9.17) is 32.7 Å². The van der Waals surface area contributed by atoms with Crippen LogP contribution in [-0.4, -0.2) is 25.1 Å². The lowest BCUT2D eigenvalue weighted by Crippen LogP contribution is -2.21. The van der Waals surface area contributed by atoms with Gasteiger partial charge in [-0.1, -0.05) is 60.5 Å². The van der Waals surface area contributed by atoms with Crippen LogP contribution in [0, 0.1) is 0 Å². The van der Waals surface area contributed by atoms with Crippen LogP contribution in [0.2, 0.25) is 10.0 Å². The fourth-order valence-corrected chi connectivity index (χ4v) is 4.06. The van der Waals surface area contributed by atoms with Crippen molar-refractivity contribution in [2.45, 2.75) is 13.3 Å². The summed E-state index contributed by atoms with van der Waals surface area (Å²) in [6.45, 7) is 1.93. The summed E-state index contributed by atoms with van der Waals surface area (Å²) in [7, 11) is 0. The van der Waals surface area contributed by atoms with E-state index in [1.165, 1.54) is 11.3 Å². The molecule has 0 bridgehead atoms. The van der Waals surface area contributed by atoms with Gasteiger partial charge in [0.25, 0.3) is 5.91 Å². The predicted octanol–water partition coefficient (Wildman–Crippen LogP) is 6.31. The van der Waals surface area contributed by atoms with Gasteiger partial charge in [0.05, 0.1) is 11.6 Å². The number of esters is 1. The van der Waals surface area contributed by atoms with Crippen LogP contribution in [0.3, 0.4) is 0 Å². The first kappa shape index (κ1) is 22.2. The average molecular weight is 464 g/mol. The van der Waals surface area contributed by atoms with Crippen molar-refractivity contribution in [2.24, 2.45) is 0 Å². The Hall–Kier alpha value is -2.54. The summed E-state index contributed by atoms with van der Waals surface area (Å²) in [5.41, 5.74) is 1.56. The molecule has 0 aliphatic rings. The number of carbonyl (C=O) groups excluding carboxylic acids is 2. The molecule has 2 aromatic carbocycles. The number of rotatable bonds is 8. The Balaban J connectivity index is 1.83. The Morgan fingerprint density at radius 3 is 2.40 bits per heavy atom. The number of para-hydroxylation sites is 1. The third kappa shape index (κ3) is 5.33. The van der Waals surface area contributed by atoms with E-state index < -0.39 is 11.9 Å². The summed E-state index contributed by atoms with van der Waals surface area (Å²) in [4.78, 5) is 25.2. The molecular weight excluding hydrogens is 445 g/mol. The van der Waals surface area contributed by atoms with Gasteiger partial charge in [-0.25, -0.2) is 4.79 Å². The number of halogens is 2. The van der Waals surface area contributed by atoms with Crippen molar-refractivity contribution < 1.29 is 19.1 Å². The minimum absolute atomic E-state index is 0.257. The van der Waals surface area contributed by atoms with Gasteiger partial charge in [0.2, 0.25) is 0 Å². The van der Waals surface area contributed by atoms with E-state index in [1.54, 1.807) is 35.7 Å². The van der Waals surface area contributed by atoms with Gasteiger partial charge >= 0.3 is 5.97 Å². The molecule has 0 aliphatic heterocycles. The molecule has 156 valence electrons. The molecule has 0 radical (unpaired) electrons. The number of anilines is 1. The molecule has 0 aliphatic carbocycles. The molecule has 1 amide bonds. The van der Waals surface area contributed by atoms with Crippen molar-refractivity contribution in [2.75, 3.05) is 18.5 Å². The molecule has 3 aromatic rings. The second kappa shape index (κ2) is 10.5. The number of benzene rings is 2. The summed E-state index contributed by atoms with van der Waals surface area (Å²) >= 11 is 13.6. The SMILES string of the molecule is CCCOC(=O)c1c(-c2ccccc2Cl)csc1NC(=O)COc1ccccc1Cl. The maximum Gasteiger partial charge on any atom is 0.341 e. The van der Waals surface area contributed by atoms with Crippen LogP contribution < -0.4 is 10.1 Å². The molecule has 3 rings (SSSR count). The summed E-state index contributed by atoms with van der Waals surface area (Å²) in [6.07, 6.45) is 0.685. The third-order valence-corrected chi connectivity index (χ3v) is 5.58. The zero-order chi connectivity index (χ0) is 21.5. The highest BCUT2D eigenvalue weighted by Crippen LogP contribution is 2.39. The lowest BCUT2D eigenvalue weighted by molar-refractivity contribution is -0.118. The Morgan fingerprint density at radius 1 is 1.00 bits per heavy atom. The number of amides is 1. The summed E-state index contributed by atoms with van der Waals surface area (Å²) in [6, 6.07) is 14.1. The molecule has 0 fully saturated rings. The first-order valence-electron chi connectivity index (χ1n) is 9.22. The van der Waals surface area contributed by atoms with E-state index in [2.05, 4.69) is 5.32 Å². The van der Waals surface area contributed by atoms with Crippen molar-refractivity contribution in [3.05, 3.63) is 69.5 Å². The first-order chi connectivity index (χ1) is 14.5. The number of nitrogens with one attached hydrogen (secondary N) is 1. The zero-order valence-electron chi connectivity index (χ0n) is 16.1. The molecule has 5 nitrogen and oxygen atoms in total. The van der Waals surface area contributed by atoms with Gasteiger partial charge in [0.15, 0.2) is 6.61 Å². The van der Waals surface area contributed by atoms with Gasteiger partial charge < -0.3 is 14.8 Å². The standard InChI is InChI=1S/C22H19Cl2NO4S/c1-2-11-28-22(27)20-15(14-7-3-4-8-16(14)23)13-30-21(20)25-19(26)12-29-18-10-6-5-9-17(18)24/h3-10,13H,2,11-12H2,1H3,(H,25,26). The van der Waals surface area contributed by atoms with Crippen LogP contribution in [0.25, 0.3) is 11.1 Å². The first-order valence-corrected chi connectivity index (χ1v) is 10.9. The van der Waals surface area contributed by atoms with Gasteiger partial charge in [-0.15, -0.1) is 11.3 Å². The molecule has 1 heterocycles. The van der Waals surface area contributed by atoms with E-state index in [0.29, 0.717) is 38.3 Å². The molecule has 1 aromatic heterocycles. The highest BCUT2D eigenvalue weighted by molar-refractivity contribution is 7.15. The number of hydrogen-bond acceptors (Lipinski definition) is 5. The highest BCUT2D eigenvalue weighted by atomic mass is 35.5. The second-order valence-electron chi connectivity index (χ2n) is 6.24. The fraction of sp³-hybridized carbons (Fsp3) is 0.182. The Morgan fingerprint density at radius 2 is 1.70 bits per heavy atom. The van der Waals surface area contributed by atoms with Crippen LogP contribution >= 0.6 is 34.5 Å². The van der Waals surface area contributed by atoms with Crippen LogP contribution in [0.5, 0.6) is 5.75 Å². The molecule has 1 N–H and O–H groups in total. The summed E-state index contributed by atoms with van der Waals surface area (Å²) in [5, 5.41) is 5.79. The summed E-state index contributed by atoms with van der Waals surface area (Å²) in [5.74, 6) is -0.540. The number of hydrogen-bond donors (Lipinski definition) is 1. The monoisotopic (exact) mass is 463 g/mol. The minimum Gasteiger partial charge on any atom is -0.482 e. The van der Waals surface area contributed by atoms with Crippen LogP contribution in [0.4, 0.5) is 5.00 Å². The topological polar surface area (TPSA) is 64.6 Å². The van der Waals surface area contributed by atoms with Crippen molar-refractivity contribution in [1.29, 1.82) is 0 Å². The van der Waals surface area contributed by atoms with Crippen LogP contribution in [-0.2, 0) is 9.53 Å². The highest BCUT2D eigenvalue weighted by Gasteiger charge is 2.24. The van der Waals surface area contributed by atoms with Crippen LogP contribution in [0.15, 0.2) is 53.9 Å². The maximum atomic E-state index is 12.7. The summed E-state index contributed by atoms with van der Waals surface area (Å²) < 4.78 is 10.8. The van der Waals surface area contributed by atoms with Gasteiger partial charge in [-0.05, 0) is 24.6 Å². The van der Waals surface area contributed by atoms with Gasteiger partial charge in [-0.3, -0.25) is 4.79 Å². The van der Waals surface area contributed by atoms with Crippen molar-refractivity contribution in [3.8, 4) is 16.9 Å². The molecule has 0 spiro atoms.